The molecule has 48 heavy (non-hydrogen) atoms. The number of methoxy groups -OCH3 is 2. The van der Waals surface area contributed by atoms with Gasteiger partial charge in [-0.1, -0.05) is 55.2 Å². The molecule has 0 aliphatic carbocycles. The van der Waals surface area contributed by atoms with Gasteiger partial charge in [0.1, 0.15) is 28.7 Å². The lowest BCUT2D eigenvalue weighted by atomic mass is 9.99. The van der Waals surface area contributed by atoms with E-state index in [2.05, 4.69) is 44.0 Å². The van der Waals surface area contributed by atoms with Gasteiger partial charge in [0.15, 0.2) is 0 Å². The minimum atomic E-state index is -0.365. The maximum absolute atomic E-state index is 13.2. The molecule has 2 aromatic carbocycles. The average molecular weight is 692 g/mol. The summed E-state index contributed by atoms with van der Waals surface area (Å²) in [5.41, 5.74) is 9.99. The molecule has 0 radical (unpaired) electrons. The number of carbonyl (C=O) groups is 1. The molecule has 0 atom stereocenters. The van der Waals surface area contributed by atoms with Gasteiger partial charge in [-0.05, 0) is 56.5 Å². The second-order valence-corrected chi connectivity index (χ2v) is 11.8. The smallest absolute Gasteiger partial charge is 0.259 e. The second-order valence-electron chi connectivity index (χ2n) is 11.0. The minimum Gasteiger partial charge on any atom is -0.495 e. The van der Waals surface area contributed by atoms with Crippen molar-refractivity contribution < 1.29 is 14.3 Å². The number of nitrogens with one attached hydrogen (secondary N) is 1. The van der Waals surface area contributed by atoms with Crippen molar-refractivity contribution in [3.63, 3.8) is 0 Å². The van der Waals surface area contributed by atoms with Crippen molar-refractivity contribution in [2.45, 2.75) is 26.9 Å². The number of aromatic nitrogens is 4. The maximum atomic E-state index is 13.2. The molecule has 5 rings (SSSR count). The van der Waals surface area contributed by atoms with Crippen LogP contribution >= 0.6 is 23.2 Å². The van der Waals surface area contributed by atoms with Crippen molar-refractivity contribution in [1.29, 1.82) is 0 Å². The van der Waals surface area contributed by atoms with E-state index in [0.717, 1.165) is 31.7 Å². The SMILES string of the molecule is CCN(CC)Cc1ccc(N)nc1.COc1cc(OC)c(Cl)c(-c2ccc(C(=O)Nc3ccc(CN(C)C)cn3)c3nccnc23)c1Cl. The van der Waals surface area contributed by atoms with Crippen LogP contribution in [0, 0.1) is 0 Å². The van der Waals surface area contributed by atoms with Crippen LogP contribution in [0.2, 0.25) is 10.0 Å². The zero-order valence-corrected chi connectivity index (χ0v) is 29.4. The number of nitrogen functional groups attached to an aromatic ring is 1. The highest BCUT2D eigenvalue weighted by Crippen LogP contribution is 2.47. The van der Waals surface area contributed by atoms with Gasteiger partial charge in [-0.2, -0.15) is 0 Å². The van der Waals surface area contributed by atoms with E-state index in [1.807, 2.05) is 43.4 Å². The Morgan fingerprint density at radius 3 is 1.96 bits per heavy atom. The third-order valence-corrected chi connectivity index (χ3v) is 8.18. The van der Waals surface area contributed by atoms with Crippen LogP contribution in [-0.4, -0.2) is 77.0 Å². The first kappa shape index (κ1) is 36.3. The third-order valence-electron chi connectivity index (χ3n) is 7.43. The largest absolute Gasteiger partial charge is 0.495 e. The predicted octanol–water partition coefficient (Wildman–Crippen LogP) is 6.84. The van der Waals surface area contributed by atoms with E-state index in [0.29, 0.717) is 60.9 Å². The number of hydrogen-bond donors (Lipinski definition) is 2. The molecule has 0 aliphatic heterocycles. The van der Waals surface area contributed by atoms with E-state index in [1.54, 1.807) is 30.5 Å². The maximum Gasteiger partial charge on any atom is 0.259 e. The Morgan fingerprint density at radius 2 is 1.42 bits per heavy atom. The van der Waals surface area contributed by atoms with Crippen LogP contribution < -0.4 is 20.5 Å². The van der Waals surface area contributed by atoms with Gasteiger partial charge < -0.3 is 25.4 Å². The van der Waals surface area contributed by atoms with Crippen molar-refractivity contribution in [2.24, 2.45) is 0 Å². The molecule has 0 saturated carbocycles. The Bertz CT molecular complexity index is 1810. The lowest BCUT2D eigenvalue weighted by Gasteiger charge is -2.17. The lowest BCUT2D eigenvalue weighted by molar-refractivity contribution is 0.102. The van der Waals surface area contributed by atoms with Gasteiger partial charge >= 0.3 is 0 Å². The first-order valence-electron chi connectivity index (χ1n) is 15.3. The molecular weight excluding hydrogens is 651 g/mol. The molecule has 0 bridgehead atoms. The zero-order valence-electron chi connectivity index (χ0n) is 27.9. The van der Waals surface area contributed by atoms with Gasteiger partial charge in [0.05, 0.1) is 35.3 Å². The van der Waals surface area contributed by atoms with Gasteiger partial charge in [-0.3, -0.25) is 19.7 Å². The summed E-state index contributed by atoms with van der Waals surface area (Å²) in [6, 6.07) is 12.6. The fourth-order valence-electron chi connectivity index (χ4n) is 4.94. The van der Waals surface area contributed by atoms with Crippen molar-refractivity contribution in [1.82, 2.24) is 29.7 Å². The van der Waals surface area contributed by atoms with Crippen LogP contribution in [0.3, 0.4) is 0 Å². The molecule has 0 aliphatic rings. The van der Waals surface area contributed by atoms with Crippen LogP contribution in [-0.2, 0) is 13.1 Å². The average Bonchev–Trinajstić information content (AvgIpc) is 3.09. The van der Waals surface area contributed by atoms with Crippen LogP contribution in [0.1, 0.15) is 35.3 Å². The first-order valence-corrected chi connectivity index (χ1v) is 16.0. The van der Waals surface area contributed by atoms with Gasteiger partial charge in [-0.25, -0.2) is 9.97 Å². The topological polar surface area (TPSA) is 132 Å². The van der Waals surface area contributed by atoms with Crippen molar-refractivity contribution in [3.8, 4) is 22.6 Å². The molecule has 3 aromatic heterocycles. The molecular formula is C35H40Cl2N8O3. The minimum absolute atomic E-state index is 0.296. The number of nitrogens with zero attached hydrogens (tertiary/aromatic N) is 6. The van der Waals surface area contributed by atoms with E-state index in [-0.39, 0.29) is 5.91 Å². The fourth-order valence-corrected chi connectivity index (χ4v) is 5.64. The predicted molar refractivity (Wildman–Crippen MR) is 193 cm³/mol. The highest BCUT2D eigenvalue weighted by atomic mass is 35.5. The number of carbonyl (C=O) groups excluding carboxylic acids is 1. The summed E-state index contributed by atoms with van der Waals surface area (Å²) in [5, 5.41) is 3.42. The van der Waals surface area contributed by atoms with Crippen LogP contribution in [0.4, 0.5) is 11.6 Å². The van der Waals surface area contributed by atoms with Gasteiger partial charge in [-0.15, -0.1) is 0 Å². The molecule has 0 unspecified atom stereocenters. The van der Waals surface area contributed by atoms with E-state index >= 15 is 0 Å². The monoisotopic (exact) mass is 690 g/mol. The summed E-state index contributed by atoms with van der Waals surface area (Å²) < 4.78 is 10.8. The molecule has 0 saturated heterocycles. The third kappa shape index (κ3) is 8.87. The number of rotatable bonds is 11. The number of ether oxygens (including phenoxy) is 2. The number of nitrogens with two attached hydrogens (primary N) is 1. The number of anilines is 2. The molecule has 3 heterocycles. The van der Waals surface area contributed by atoms with E-state index in [4.69, 9.17) is 38.4 Å². The summed E-state index contributed by atoms with van der Waals surface area (Å²) in [6.07, 6.45) is 6.63. The molecule has 0 spiro atoms. The highest BCUT2D eigenvalue weighted by Gasteiger charge is 2.23. The Hall–Kier alpha value is -4.55. The Balaban J connectivity index is 0.000000336. The van der Waals surface area contributed by atoms with Crippen molar-refractivity contribution in [2.75, 3.05) is 52.5 Å². The Morgan fingerprint density at radius 1 is 0.812 bits per heavy atom. The van der Waals surface area contributed by atoms with E-state index in [1.165, 1.54) is 32.2 Å². The molecule has 0 fully saturated rings. The Labute approximate surface area is 291 Å². The normalized spacial score (nSPS) is 11.0. The van der Waals surface area contributed by atoms with Gasteiger partial charge in [0.2, 0.25) is 0 Å². The second kappa shape index (κ2) is 17.0. The first-order chi connectivity index (χ1) is 23.1. The van der Waals surface area contributed by atoms with Crippen LogP contribution in [0.25, 0.3) is 22.2 Å². The molecule has 13 heteroatoms. The van der Waals surface area contributed by atoms with Crippen molar-refractivity contribution in [3.05, 3.63) is 94.0 Å². The van der Waals surface area contributed by atoms with Crippen molar-refractivity contribution >= 4 is 51.8 Å². The molecule has 252 valence electrons. The standard InChI is InChI=1S/C25H23Cl2N5O3.C10H17N3/c1-32(2)13-14-5-8-19(30-12-14)31-25(33)16-7-6-15(23-24(16)29-10-9-28-23)20-21(26)17(34-3)11-18(35-4)22(20)27;1-3-13(4-2)8-9-5-6-10(11)12-7-9/h5-12H,13H2,1-4H3,(H,30,31,33);5-7H,3-4,8H2,1-2H3,(H2,11,12). The summed E-state index contributed by atoms with van der Waals surface area (Å²) >= 11 is 13.3. The van der Waals surface area contributed by atoms with Gasteiger partial charge in [0, 0.05) is 55.1 Å². The van der Waals surface area contributed by atoms with Gasteiger partial charge in [0.25, 0.3) is 5.91 Å². The highest BCUT2D eigenvalue weighted by molar-refractivity contribution is 6.41. The number of benzene rings is 2. The Kier molecular flexibility index (Phi) is 12.9. The number of hydrogen-bond acceptors (Lipinski definition) is 10. The number of fused-ring (bicyclic) bond motifs is 1. The number of amides is 1. The zero-order chi connectivity index (χ0) is 34.8. The molecule has 1 amide bonds. The van der Waals surface area contributed by atoms with E-state index in [9.17, 15) is 4.79 Å². The van der Waals surface area contributed by atoms with Crippen LogP contribution in [0.15, 0.2) is 67.3 Å². The molecule has 11 nitrogen and oxygen atoms in total. The van der Waals surface area contributed by atoms with Crippen LogP contribution in [0.5, 0.6) is 11.5 Å². The summed E-state index contributed by atoms with van der Waals surface area (Å²) in [6.45, 7) is 8.17. The van der Waals surface area contributed by atoms with E-state index < -0.39 is 0 Å². The number of halogens is 2. The fraction of sp³-hybridized carbons (Fsp3) is 0.286. The molecule has 3 N–H and O–H groups in total. The number of pyridine rings is 2. The molecule has 5 aromatic rings. The lowest BCUT2D eigenvalue weighted by Crippen LogP contribution is -2.22. The summed E-state index contributed by atoms with van der Waals surface area (Å²) in [4.78, 5) is 34.8. The quantitative estimate of drug-likeness (QED) is 0.152. The summed E-state index contributed by atoms with van der Waals surface area (Å²) in [5.74, 6) is 1.44. The summed E-state index contributed by atoms with van der Waals surface area (Å²) in [7, 11) is 6.97.